The van der Waals surface area contributed by atoms with E-state index in [0.717, 1.165) is 43.2 Å². The van der Waals surface area contributed by atoms with Gasteiger partial charge in [-0.1, -0.05) is 0 Å². The average Bonchev–Trinajstić information content (AvgIpc) is 2.53. The quantitative estimate of drug-likeness (QED) is 0.793. The zero-order valence-electron chi connectivity index (χ0n) is 12.3. The smallest absolute Gasteiger partial charge is 0.319 e. The van der Waals surface area contributed by atoms with Crippen LogP contribution in [0.1, 0.15) is 12.8 Å². The summed E-state index contributed by atoms with van der Waals surface area (Å²) in [4.78, 5) is 11.7. The maximum atomic E-state index is 11.7. The van der Waals surface area contributed by atoms with Crippen LogP contribution in [0.15, 0.2) is 24.3 Å². The number of hydrogen-bond acceptors (Lipinski definition) is 4. The molecule has 1 fully saturated rings. The van der Waals surface area contributed by atoms with Crippen molar-refractivity contribution in [2.24, 2.45) is 0 Å². The van der Waals surface area contributed by atoms with Gasteiger partial charge in [0.05, 0.1) is 7.11 Å². The summed E-state index contributed by atoms with van der Waals surface area (Å²) in [6.07, 6.45) is 2.23. The first-order chi connectivity index (χ1) is 10.3. The van der Waals surface area contributed by atoms with Gasteiger partial charge in [-0.05, 0) is 37.1 Å². The van der Waals surface area contributed by atoms with Crippen molar-refractivity contribution in [2.45, 2.75) is 18.1 Å². The standard InChI is InChI=1S/C15H22N2O3S/c1-19-13-4-2-12(3-5-13)17-15(18)16-8-11-21-14-6-9-20-10-7-14/h2-5,14H,6-11H2,1H3,(H2,16,17,18). The molecule has 2 N–H and O–H groups in total. The van der Waals surface area contributed by atoms with E-state index in [1.54, 1.807) is 7.11 Å². The molecule has 0 spiro atoms. The van der Waals surface area contributed by atoms with E-state index in [1.807, 2.05) is 36.0 Å². The van der Waals surface area contributed by atoms with Crippen molar-refractivity contribution in [1.82, 2.24) is 5.32 Å². The highest BCUT2D eigenvalue weighted by Gasteiger charge is 2.13. The van der Waals surface area contributed by atoms with Crippen LogP contribution in [0.25, 0.3) is 0 Å². The average molecular weight is 310 g/mol. The molecule has 2 amide bonds. The summed E-state index contributed by atoms with van der Waals surface area (Å²) in [6, 6.07) is 7.09. The van der Waals surface area contributed by atoms with Crippen LogP contribution in [0.2, 0.25) is 0 Å². The molecule has 1 aromatic rings. The fourth-order valence-electron chi connectivity index (χ4n) is 2.08. The number of methoxy groups -OCH3 is 1. The van der Waals surface area contributed by atoms with Gasteiger partial charge in [0, 0.05) is 36.4 Å². The number of anilines is 1. The lowest BCUT2D eigenvalue weighted by Gasteiger charge is -2.21. The number of thioether (sulfide) groups is 1. The molecule has 0 aromatic heterocycles. The predicted molar refractivity (Wildman–Crippen MR) is 86.3 cm³/mol. The van der Waals surface area contributed by atoms with Crippen LogP contribution in [-0.2, 0) is 4.74 Å². The second kappa shape index (κ2) is 8.79. The van der Waals surface area contributed by atoms with Crippen LogP contribution in [0, 0.1) is 0 Å². The normalized spacial score (nSPS) is 15.5. The lowest BCUT2D eigenvalue weighted by atomic mass is 10.2. The molecule has 0 aliphatic carbocycles. The first-order valence-electron chi connectivity index (χ1n) is 7.16. The van der Waals surface area contributed by atoms with Gasteiger partial charge in [0.2, 0.25) is 0 Å². The van der Waals surface area contributed by atoms with Crippen LogP contribution < -0.4 is 15.4 Å². The summed E-state index contributed by atoms with van der Waals surface area (Å²) in [5.74, 6) is 1.70. The first kappa shape index (κ1) is 16.0. The van der Waals surface area contributed by atoms with Crippen LogP contribution >= 0.6 is 11.8 Å². The van der Waals surface area contributed by atoms with Crippen molar-refractivity contribution in [3.8, 4) is 5.75 Å². The summed E-state index contributed by atoms with van der Waals surface area (Å²) >= 11 is 1.91. The molecule has 1 aromatic carbocycles. The minimum Gasteiger partial charge on any atom is -0.497 e. The minimum absolute atomic E-state index is 0.173. The van der Waals surface area contributed by atoms with Crippen molar-refractivity contribution in [2.75, 3.05) is 37.9 Å². The molecule has 1 aliphatic rings. The fraction of sp³-hybridized carbons (Fsp3) is 0.533. The topological polar surface area (TPSA) is 59.6 Å². The van der Waals surface area contributed by atoms with Crippen molar-refractivity contribution < 1.29 is 14.3 Å². The summed E-state index contributed by atoms with van der Waals surface area (Å²) < 4.78 is 10.4. The maximum absolute atomic E-state index is 11.7. The van der Waals surface area contributed by atoms with Gasteiger partial charge in [0.1, 0.15) is 5.75 Å². The third kappa shape index (κ3) is 5.85. The summed E-state index contributed by atoms with van der Waals surface area (Å²) in [5, 5.41) is 6.33. The largest absolute Gasteiger partial charge is 0.497 e. The molecule has 0 atom stereocenters. The Morgan fingerprint density at radius 3 is 2.71 bits per heavy atom. The summed E-state index contributed by atoms with van der Waals surface area (Å²) in [5.41, 5.74) is 0.755. The third-order valence-electron chi connectivity index (χ3n) is 3.26. The molecule has 6 heteroatoms. The molecule has 1 heterocycles. The molecule has 0 bridgehead atoms. The van der Waals surface area contributed by atoms with Crippen LogP contribution in [0.5, 0.6) is 5.75 Å². The highest BCUT2D eigenvalue weighted by molar-refractivity contribution is 7.99. The number of nitrogens with one attached hydrogen (secondary N) is 2. The van der Waals surface area contributed by atoms with Gasteiger partial charge < -0.3 is 20.1 Å². The molecule has 5 nitrogen and oxygen atoms in total. The first-order valence-corrected chi connectivity index (χ1v) is 8.21. The second-order valence-electron chi connectivity index (χ2n) is 4.79. The number of amides is 2. The number of benzene rings is 1. The van der Waals surface area contributed by atoms with Gasteiger partial charge >= 0.3 is 6.03 Å². The molecule has 21 heavy (non-hydrogen) atoms. The highest BCUT2D eigenvalue weighted by Crippen LogP contribution is 2.21. The fourth-order valence-corrected chi connectivity index (χ4v) is 3.16. The van der Waals surface area contributed by atoms with Crippen molar-refractivity contribution >= 4 is 23.5 Å². The van der Waals surface area contributed by atoms with E-state index < -0.39 is 0 Å². The number of carbonyl (C=O) groups excluding carboxylic acids is 1. The zero-order valence-corrected chi connectivity index (χ0v) is 13.1. The van der Waals surface area contributed by atoms with Crippen LogP contribution in [0.4, 0.5) is 10.5 Å². The van der Waals surface area contributed by atoms with Crippen LogP contribution in [-0.4, -0.2) is 43.9 Å². The van der Waals surface area contributed by atoms with Gasteiger partial charge in [-0.25, -0.2) is 4.79 Å². The third-order valence-corrected chi connectivity index (χ3v) is 4.64. The van der Waals surface area contributed by atoms with Crippen molar-refractivity contribution in [1.29, 1.82) is 0 Å². The van der Waals surface area contributed by atoms with E-state index >= 15 is 0 Å². The zero-order chi connectivity index (χ0) is 14.9. The summed E-state index contributed by atoms with van der Waals surface area (Å²) in [7, 11) is 1.62. The van der Waals surface area contributed by atoms with E-state index in [0.29, 0.717) is 11.8 Å². The molecule has 2 rings (SSSR count). The Kier molecular flexibility index (Phi) is 6.69. The number of ether oxygens (including phenoxy) is 2. The van der Waals surface area contributed by atoms with E-state index in [1.165, 1.54) is 0 Å². The maximum Gasteiger partial charge on any atom is 0.319 e. The van der Waals surface area contributed by atoms with Gasteiger partial charge in [-0.3, -0.25) is 0 Å². The Bertz CT molecular complexity index is 433. The van der Waals surface area contributed by atoms with Crippen LogP contribution in [0.3, 0.4) is 0 Å². The van der Waals surface area contributed by atoms with E-state index in [9.17, 15) is 4.79 Å². The second-order valence-corrected chi connectivity index (χ2v) is 6.20. The van der Waals surface area contributed by atoms with E-state index in [4.69, 9.17) is 9.47 Å². The Labute approximate surface area is 129 Å². The lowest BCUT2D eigenvalue weighted by molar-refractivity contribution is 0.100. The van der Waals surface area contributed by atoms with Gasteiger partial charge in [0.25, 0.3) is 0 Å². The van der Waals surface area contributed by atoms with Gasteiger partial charge in [-0.15, -0.1) is 0 Å². The Hall–Kier alpha value is -1.40. The number of rotatable bonds is 6. The van der Waals surface area contributed by atoms with Gasteiger partial charge in [-0.2, -0.15) is 11.8 Å². The monoisotopic (exact) mass is 310 g/mol. The Morgan fingerprint density at radius 2 is 2.05 bits per heavy atom. The number of carbonyl (C=O) groups is 1. The molecule has 116 valence electrons. The molecule has 0 unspecified atom stereocenters. The Balaban J connectivity index is 1.60. The van der Waals surface area contributed by atoms with E-state index in [-0.39, 0.29) is 6.03 Å². The number of urea groups is 1. The molecule has 1 aliphatic heterocycles. The SMILES string of the molecule is COc1ccc(NC(=O)NCCSC2CCOCC2)cc1. The number of hydrogen-bond donors (Lipinski definition) is 2. The molecule has 1 saturated heterocycles. The highest BCUT2D eigenvalue weighted by atomic mass is 32.2. The lowest BCUT2D eigenvalue weighted by Crippen LogP contribution is -2.31. The molecule has 0 radical (unpaired) electrons. The Morgan fingerprint density at radius 1 is 1.33 bits per heavy atom. The minimum atomic E-state index is -0.173. The van der Waals surface area contributed by atoms with Gasteiger partial charge in [0.15, 0.2) is 0 Å². The molecule has 0 saturated carbocycles. The summed E-state index contributed by atoms with van der Waals surface area (Å²) in [6.45, 7) is 2.40. The van der Waals surface area contributed by atoms with Crippen molar-refractivity contribution in [3.63, 3.8) is 0 Å². The molecular formula is C15H22N2O3S. The van der Waals surface area contributed by atoms with Crippen molar-refractivity contribution in [3.05, 3.63) is 24.3 Å². The predicted octanol–water partition coefficient (Wildman–Crippen LogP) is 2.73. The van der Waals surface area contributed by atoms with E-state index in [2.05, 4.69) is 10.6 Å². The molecular weight excluding hydrogens is 288 g/mol.